The number of rotatable bonds is 4. The summed E-state index contributed by atoms with van der Waals surface area (Å²) in [6.07, 6.45) is 0.147. The number of ether oxygens (including phenoxy) is 1. The average Bonchev–Trinajstić information content (AvgIpc) is 2.82. The molecule has 3 heteroatoms. The topological polar surface area (TPSA) is 26.3 Å². The molecule has 88 valence electrons. The molecular weight excluding hydrogens is 232 g/mol. The molecule has 0 spiro atoms. The minimum atomic E-state index is 0.0577. The quantitative estimate of drug-likeness (QED) is 0.768. The molecule has 0 amide bonds. The minimum Gasteiger partial charge on any atom is -0.491 e. The molecule has 1 heterocycles. The Morgan fingerprint density at radius 3 is 2.35 bits per heavy atom. The summed E-state index contributed by atoms with van der Waals surface area (Å²) in [6.45, 7) is 3.95. The molecule has 2 aromatic rings. The maximum absolute atomic E-state index is 12.0. The summed E-state index contributed by atoms with van der Waals surface area (Å²) in [5.74, 6) is 0.851. The second kappa shape index (κ2) is 5.15. The van der Waals surface area contributed by atoms with Crippen LogP contribution in [0.5, 0.6) is 5.75 Å². The van der Waals surface area contributed by atoms with Gasteiger partial charge in [-0.1, -0.05) is 0 Å². The molecule has 0 unspecified atom stereocenters. The number of carbonyl (C=O) groups is 1. The van der Waals surface area contributed by atoms with Gasteiger partial charge in [-0.2, -0.15) is 11.3 Å². The fraction of sp³-hybridized carbons (Fsp3) is 0.214. The van der Waals surface area contributed by atoms with E-state index in [1.165, 1.54) is 11.3 Å². The zero-order valence-electron chi connectivity index (χ0n) is 9.84. The fourth-order valence-corrected chi connectivity index (χ4v) is 2.15. The van der Waals surface area contributed by atoms with E-state index in [1.54, 1.807) is 12.1 Å². The third-order valence-corrected chi connectivity index (χ3v) is 2.95. The highest BCUT2D eigenvalue weighted by Gasteiger charge is 2.09. The Balaban J connectivity index is 2.15. The Labute approximate surface area is 105 Å². The lowest BCUT2D eigenvalue weighted by atomic mass is 10.1. The van der Waals surface area contributed by atoms with Gasteiger partial charge in [0.15, 0.2) is 5.78 Å². The van der Waals surface area contributed by atoms with Gasteiger partial charge in [0.05, 0.1) is 6.10 Å². The molecule has 1 aromatic heterocycles. The van der Waals surface area contributed by atoms with Crippen LogP contribution in [0.2, 0.25) is 0 Å². The smallest absolute Gasteiger partial charge is 0.193 e. The number of carbonyl (C=O) groups excluding carboxylic acids is 1. The summed E-state index contributed by atoms with van der Waals surface area (Å²) in [6, 6.07) is 9.11. The fourth-order valence-electron chi connectivity index (χ4n) is 1.52. The molecule has 0 saturated heterocycles. The van der Waals surface area contributed by atoms with Crippen LogP contribution in [0.3, 0.4) is 0 Å². The summed E-state index contributed by atoms with van der Waals surface area (Å²) < 4.78 is 5.53. The van der Waals surface area contributed by atoms with Gasteiger partial charge in [-0.3, -0.25) is 4.79 Å². The first-order valence-electron chi connectivity index (χ1n) is 5.50. The summed E-state index contributed by atoms with van der Waals surface area (Å²) in [5, 5.41) is 3.77. The van der Waals surface area contributed by atoms with E-state index in [9.17, 15) is 4.79 Å². The van der Waals surface area contributed by atoms with Gasteiger partial charge in [0.1, 0.15) is 5.75 Å². The molecule has 0 fully saturated rings. The molecule has 0 aliphatic carbocycles. The van der Waals surface area contributed by atoms with Crippen molar-refractivity contribution in [3.8, 4) is 5.75 Å². The highest BCUT2D eigenvalue weighted by Crippen LogP contribution is 2.17. The van der Waals surface area contributed by atoms with Crippen LogP contribution in [0.15, 0.2) is 41.1 Å². The van der Waals surface area contributed by atoms with Gasteiger partial charge < -0.3 is 4.74 Å². The van der Waals surface area contributed by atoms with Crippen molar-refractivity contribution in [1.82, 2.24) is 0 Å². The van der Waals surface area contributed by atoms with E-state index in [0.717, 1.165) is 11.3 Å². The lowest BCUT2D eigenvalue weighted by Gasteiger charge is -2.09. The normalized spacial score (nSPS) is 10.5. The van der Waals surface area contributed by atoms with Gasteiger partial charge in [-0.05, 0) is 49.6 Å². The van der Waals surface area contributed by atoms with Crippen LogP contribution in [0, 0.1) is 0 Å². The number of hydrogen-bond donors (Lipinski definition) is 0. The van der Waals surface area contributed by atoms with Crippen LogP contribution in [0.25, 0.3) is 0 Å². The van der Waals surface area contributed by atoms with Crippen molar-refractivity contribution in [2.24, 2.45) is 0 Å². The third-order valence-electron chi connectivity index (χ3n) is 2.27. The van der Waals surface area contributed by atoms with E-state index in [4.69, 9.17) is 4.74 Å². The Kier molecular flexibility index (Phi) is 3.59. The Bertz CT molecular complexity index is 483. The summed E-state index contributed by atoms with van der Waals surface area (Å²) in [4.78, 5) is 12.0. The van der Waals surface area contributed by atoms with Gasteiger partial charge >= 0.3 is 0 Å². The predicted molar refractivity (Wildman–Crippen MR) is 70.0 cm³/mol. The monoisotopic (exact) mass is 246 g/mol. The second-order valence-corrected chi connectivity index (χ2v) is 4.81. The van der Waals surface area contributed by atoms with Gasteiger partial charge in [-0.15, -0.1) is 0 Å². The van der Waals surface area contributed by atoms with E-state index < -0.39 is 0 Å². The highest BCUT2D eigenvalue weighted by molar-refractivity contribution is 7.08. The van der Waals surface area contributed by atoms with Crippen LogP contribution >= 0.6 is 11.3 Å². The van der Waals surface area contributed by atoms with Crippen molar-refractivity contribution >= 4 is 17.1 Å². The number of ketones is 1. The molecule has 0 aliphatic heterocycles. The number of thiophene rings is 1. The first kappa shape index (κ1) is 11.9. The van der Waals surface area contributed by atoms with Crippen molar-refractivity contribution in [3.63, 3.8) is 0 Å². The predicted octanol–water partition coefficient (Wildman–Crippen LogP) is 3.77. The molecule has 0 bridgehead atoms. The molecule has 17 heavy (non-hydrogen) atoms. The standard InChI is InChI=1S/C14H14O2S/c1-10(2)16-13-5-3-11(4-6-13)14(15)12-7-8-17-9-12/h3-10H,1-2H3. The van der Waals surface area contributed by atoms with Crippen LogP contribution in [0.4, 0.5) is 0 Å². The second-order valence-electron chi connectivity index (χ2n) is 4.03. The van der Waals surface area contributed by atoms with Crippen LogP contribution in [-0.2, 0) is 0 Å². The third kappa shape index (κ3) is 2.94. The lowest BCUT2D eigenvalue weighted by molar-refractivity contribution is 0.103. The highest BCUT2D eigenvalue weighted by atomic mass is 32.1. The first-order chi connectivity index (χ1) is 8.16. The number of hydrogen-bond acceptors (Lipinski definition) is 3. The van der Waals surface area contributed by atoms with E-state index in [-0.39, 0.29) is 11.9 Å². The molecule has 0 N–H and O–H groups in total. The minimum absolute atomic E-state index is 0.0577. The molecule has 1 aromatic carbocycles. The summed E-state index contributed by atoms with van der Waals surface area (Å²) >= 11 is 1.53. The van der Waals surface area contributed by atoms with Gasteiger partial charge in [0.2, 0.25) is 0 Å². The SMILES string of the molecule is CC(C)Oc1ccc(C(=O)c2ccsc2)cc1. The first-order valence-corrected chi connectivity index (χ1v) is 6.44. The molecule has 0 saturated carbocycles. The molecular formula is C14H14O2S. The van der Waals surface area contributed by atoms with Crippen molar-refractivity contribution in [3.05, 3.63) is 52.2 Å². The zero-order valence-corrected chi connectivity index (χ0v) is 10.7. The van der Waals surface area contributed by atoms with Crippen LogP contribution in [0.1, 0.15) is 29.8 Å². The molecule has 0 aliphatic rings. The maximum atomic E-state index is 12.0. The lowest BCUT2D eigenvalue weighted by Crippen LogP contribution is -2.06. The van der Waals surface area contributed by atoms with E-state index in [2.05, 4.69) is 0 Å². The summed E-state index contributed by atoms with van der Waals surface area (Å²) in [5.41, 5.74) is 1.44. The van der Waals surface area contributed by atoms with Gasteiger partial charge in [0, 0.05) is 16.5 Å². The van der Waals surface area contributed by atoms with Crippen LogP contribution in [-0.4, -0.2) is 11.9 Å². The average molecular weight is 246 g/mol. The Morgan fingerprint density at radius 2 is 1.82 bits per heavy atom. The van der Waals surface area contributed by atoms with E-state index in [1.807, 2.05) is 42.8 Å². The molecule has 2 nitrogen and oxygen atoms in total. The van der Waals surface area contributed by atoms with Crippen molar-refractivity contribution < 1.29 is 9.53 Å². The van der Waals surface area contributed by atoms with E-state index >= 15 is 0 Å². The van der Waals surface area contributed by atoms with Crippen molar-refractivity contribution in [2.75, 3.05) is 0 Å². The number of benzene rings is 1. The largest absolute Gasteiger partial charge is 0.491 e. The van der Waals surface area contributed by atoms with Gasteiger partial charge in [0.25, 0.3) is 0 Å². The molecule has 0 atom stereocenters. The van der Waals surface area contributed by atoms with Crippen molar-refractivity contribution in [2.45, 2.75) is 20.0 Å². The Hall–Kier alpha value is -1.61. The summed E-state index contributed by atoms with van der Waals surface area (Å²) in [7, 11) is 0. The van der Waals surface area contributed by atoms with Crippen molar-refractivity contribution in [1.29, 1.82) is 0 Å². The zero-order chi connectivity index (χ0) is 12.3. The molecule has 0 radical (unpaired) electrons. The molecule has 2 rings (SSSR count). The van der Waals surface area contributed by atoms with Gasteiger partial charge in [-0.25, -0.2) is 0 Å². The Morgan fingerprint density at radius 1 is 1.12 bits per heavy atom. The maximum Gasteiger partial charge on any atom is 0.193 e. The van der Waals surface area contributed by atoms with Crippen LogP contribution < -0.4 is 4.74 Å². The van der Waals surface area contributed by atoms with E-state index in [0.29, 0.717) is 5.56 Å².